The molecule has 1 aromatic carbocycles. The number of rotatable bonds is 11. The summed E-state index contributed by atoms with van der Waals surface area (Å²) in [4.78, 5) is 11.2. The monoisotopic (exact) mass is 414 g/mol. The Hall–Kier alpha value is -0.840. The first kappa shape index (κ1) is 19.2. The molecule has 0 aliphatic carbocycles. The van der Waals surface area contributed by atoms with Gasteiger partial charge in [-0.3, -0.25) is 4.79 Å². The van der Waals surface area contributed by atoms with Gasteiger partial charge in [0.25, 0.3) is 0 Å². The molecule has 0 bridgehead atoms. The Morgan fingerprint density at radius 2 is 1.82 bits per heavy atom. The van der Waals surface area contributed by atoms with E-state index in [1.54, 1.807) is 0 Å². The Bertz CT molecular complexity index is 439. The fourth-order valence-electron chi connectivity index (χ4n) is 2.53. The smallest absolute Gasteiger partial charge is 0.305 e. The van der Waals surface area contributed by atoms with Gasteiger partial charge >= 0.3 is 5.97 Å². The van der Waals surface area contributed by atoms with Crippen LogP contribution in [0, 0.1) is 3.57 Å². The highest BCUT2D eigenvalue weighted by Gasteiger charge is 2.07. The molecule has 0 radical (unpaired) electrons. The van der Waals surface area contributed by atoms with Crippen LogP contribution in [0.15, 0.2) is 36.9 Å². The van der Waals surface area contributed by atoms with Gasteiger partial charge < -0.3 is 4.74 Å². The molecule has 0 fully saturated rings. The van der Waals surface area contributed by atoms with Crippen molar-refractivity contribution < 1.29 is 9.53 Å². The lowest BCUT2D eigenvalue weighted by molar-refractivity contribution is -0.143. The Kier molecular flexibility index (Phi) is 10.2. The molecule has 1 rings (SSSR count). The quantitative estimate of drug-likeness (QED) is 0.196. The van der Waals surface area contributed by atoms with Crippen molar-refractivity contribution in [1.82, 2.24) is 0 Å². The fraction of sp³-hybridized carbons (Fsp3) is 0.526. The molecular weight excluding hydrogens is 387 g/mol. The molecular formula is C19H27IO2. The number of carbonyl (C=O) groups is 1. The van der Waals surface area contributed by atoms with E-state index in [1.165, 1.54) is 28.4 Å². The molecule has 2 nitrogen and oxygen atoms in total. The van der Waals surface area contributed by atoms with Crippen LogP contribution in [0.2, 0.25) is 0 Å². The van der Waals surface area contributed by atoms with Crippen LogP contribution in [-0.4, -0.2) is 12.6 Å². The molecule has 0 saturated carbocycles. The van der Waals surface area contributed by atoms with Crippen molar-refractivity contribution in [1.29, 1.82) is 0 Å². The lowest BCUT2D eigenvalue weighted by Crippen LogP contribution is -2.03. The number of unbranched alkanes of at least 4 members (excludes halogenated alkanes) is 4. The molecule has 122 valence electrons. The third-order valence-corrected chi connectivity index (χ3v) is 4.50. The minimum Gasteiger partial charge on any atom is -0.466 e. The van der Waals surface area contributed by atoms with Crippen LogP contribution in [-0.2, 0) is 9.53 Å². The van der Waals surface area contributed by atoms with Gasteiger partial charge in [-0.2, -0.15) is 0 Å². The van der Waals surface area contributed by atoms with Crippen LogP contribution >= 0.6 is 22.6 Å². The molecule has 0 aromatic heterocycles. The Balaban J connectivity index is 2.13. The number of benzene rings is 1. The van der Waals surface area contributed by atoms with Crippen molar-refractivity contribution >= 4 is 28.6 Å². The first-order valence-corrected chi connectivity index (χ1v) is 9.29. The first-order chi connectivity index (χ1) is 10.7. The van der Waals surface area contributed by atoms with Crippen molar-refractivity contribution in [2.45, 2.75) is 57.8 Å². The van der Waals surface area contributed by atoms with Crippen LogP contribution < -0.4 is 0 Å². The molecule has 3 heteroatoms. The standard InChI is InChI=1S/C19H27IO2/c1-3-16(17-12-14-18(20)15-13-17)10-8-6-5-7-9-11-19(21)22-4-2/h3,12-16H,1,4-11H2,2H3. The minimum absolute atomic E-state index is 0.0621. The Morgan fingerprint density at radius 1 is 1.18 bits per heavy atom. The van der Waals surface area contributed by atoms with Gasteiger partial charge in [-0.15, -0.1) is 6.58 Å². The summed E-state index contributed by atoms with van der Waals surface area (Å²) in [6, 6.07) is 8.71. The molecule has 1 atom stereocenters. The molecule has 0 amide bonds. The van der Waals surface area contributed by atoms with E-state index in [4.69, 9.17) is 4.74 Å². The number of ether oxygens (including phenoxy) is 1. The van der Waals surface area contributed by atoms with Gasteiger partial charge in [0.05, 0.1) is 6.61 Å². The second kappa shape index (κ2) is 11.7. The predicted octanol–water partition coefficient (Wildman–Crippen LogP) is 5.85. The van der Waals surface area contributed by atoms with Crippen LogP contribution in [0.4, 0.5) is 0 Å². The van der Waals surface area contributed by atoms with E-state index in [9.17, 15) is 4.79 Å². The lowest BCUT2D eigenvalue weighted by Gasteiger charge is -2.13. The number of hydrogen-bond acceptors (Lipinski definition) is 2. The number of allylic oxidation sites excluding steroid dienone is 1. The summed E-state index contributed by atoms with van der Waals surface area (Å²) in [6.07, 6.45) is 9.45. The number of carbonyl (C=O) groups excluding carboxylic acids is 1. The van der Waals surface area contributed by atoms with E-state index in [-0.39, 0.29) is 5.97 Å². The van der Waals surface area contributed by atoms with Gasteiger partial charge in [0.2, 0.25) is 0 Å². The SMILES string of the molecule is C=CC(CCCCCCCC(=O)OCC)c1ccc(I)cc1. The highest BCUT2D eigenvalue weighted by atomic mass is 127. The van der Waals surface area contributed by atoms with Gasteiger partial charge in [0.15, 0.2) is 0 Å². The van der Waals surface area contributed by atoms with E-state index < -0.39 is 0 Å². The van der Waals surface area contributed by atoms with Crippen LogP contribution in [0.1, 0.15) is 63.4 Å². The van der Waals surface area contributed by atoms with Crippen molar-refractivity contribution in [3.63, 3.8) is 0 Å². The summed E-state index contributed by atoms with van der Waals surface area (Å²) in [5, 5.41) is 0. The van der Waals surface area contributed by atoms with Gasteiger partial charge in [-0.25, -0.2) is 0 Å². The van der Waals surface area contributed by atoms with Gasteiger partial charge in [-0.05, 0) is 60.1 Å². The van der Waals surface area contributed by atoms with E-state index in [0.717, 1.165) is 19.3 Å². The molecule has 0 N–H and O–H groups in total. The van der Waals surface area contributed by atoms with Crippen molar-refractivity contribution in [2.24, 2.45) is 0 Å². The van der Waals surface area contributed by atoms with Gasteiger partial charge in [0.1, 0.15) is 0 Å². The second-order valence-corrected chi connectivity index (χ2v) is 6.75. The summed E-state index contributed by atoms with van der Waals surface area (Å²) < 4.78 is 6.19. The maximum atomic E-state index is 11.2. The molecule has 0 aliphatic heterocycles. The fourth-order valence-corrected chi connectivity index (χ4v) is 2.89. The van der Waals surface area contributed by atoms with Gasteiger partial charge in [-0.1, -0.05) is 43.9 Å². The van der Waals surface area contributed by atoms with E-state index in [0.29, 0.717) is 18.9 Å². The molecule has 0 heterocycles. The van der Waals surface area contributed by atoms with Gasteiger partial charge in [0, 0.05) is 15.9 Å². The molecule has 0 spiro atoms. The maximum absolute atomic E-state index is 11.2. The highest BCUT2D eigenvalue weighted by molar-refractivity contribution is 14.1. The largest absolute Gasteiger partial charge is 0.466 e. The van der Waals surface area contributed by atoms with Crippen molar-refractivity contribution in [2.75, 3.05) is 6.61 Å². The van der Waals surface area contributed by atoms with E-state index in [1.807, 2.05) is 6.92 Å². The average molecular weight is 414 g/mol. The molecule has 0 aliphatic rings. The zero-order valence-electron chi connectivity index (χ0n) is 13.5. The molecule has 1 unspecified atom stereocenters. The average Bonchev–Trinajstić information content (AvgIpc) is 2.51. The van der Waals surface area contributed by atoms with Crippen molar-refractivity contribution in [3.05, 3.63) is 46.1 Å². The van der Waals surface area contributed by atoms with Crippen LogP contribution in [0.25, 0.3) is 0 Å². The highest BCUT2D eigenvalue weighted by Crippen LogP contribution is 2.24. The number of esters is 1. The third-order valence-electron chi connectivity index (χ3n) is 3.78. The summed E-state index contributed by atoms with van der Waals surface area (Å²) >= 11 is 2.33. The van der Waals surface area contributed by atoms with Crippen molar-refractivity contribution in [3.8, 4) is 0 Å². The predicted molar refractivity (Wildman–Crippen MR) is 101 cm³/mol. The number of halogens is 1. The van der Waals surface area contributed by atoms with Crippen LogP contribution in [0.3, 0.4) is 0 Å². The van der Waals surface area contributed by atoms with E-state index >= 15 is 0 Å². The molecule has 1 aromatic rings. The summed E-state index contributed by atoms with van der Waals surface area (Å²) in [5.41, 5.74) is 1.36. The van der Waals surface area contributed by atoms with E-state index in [2.05, 4.69) is 59.5 Å². The lowest BCUT2D eigenvalue weighted by atomic mass is 9.93. The zero-order chi connectivity index (χ0) is 16.2. The summed E-state index contributed by atoms with van der Waals surface area (Å²) in [7, 11) is 0. The Labute approximate surface area is 148 Å². The topological polar surface area (TPSA) is 26.3 Å². The normalized spacial score (nSPS) is 11.9. The Morgan fingerprint density at radius 3 is 2.45 bits per heavy atom. The molecule has 0 saturated heterocycles. The maximum Gasteiger partial charge on any atom is 0.305 e. The third kappa shape index (κ3) is 7.97. The second-order valence-electron chi connectivity index (χ2n) is 5.51. The van der Waals surface area contributed by atoms with Crippen LogP contribution in [0.5, 0.6) is 0 Å². The summed E-state index contributed by atoms with van der Waals surface area (Å²) in [6.45, 7) is 6.31. The first-order valence-electron chi connectivity index (χ1n) is 8.21. The number of hydrogen-bond donors (Lipinski definition) is 0. The zero-order valence-corrected chi connectivity index (χ0v) is 15.7. The minimum atomic E-state index is -0.0621. The summed E-state index contributed by atoms with van der Waals surface area (Å²) in [5.74, 6) is 0.393. The molecule has 22 heavy (non-hydrogen) atoms.